The van der Waals surface area contributed by atoms with Crippen molar-refractivity contribution in [1.82, 2.24) is 9.80 Å². The number of urea groups is 1. The molecule has 0 atom stereocenters. The van der Waals surface area contributed by atoms with Crippen molar-refractivity contribution in [2.75, 3.05) is 45.7 Å². The lowest BCUT2D eigenvalue weighted by Crippen LogP contribution is -2.39. The lowest BCUT2D eigenvalue weighted by Gasteiger charge is -2.23. The molecule has 0 aromatic heterocycles. The van der Waals surface area contributed by atoms with Gasteiger partial charge in [0.1, 0.15) is 0 Å². The van der Waals surface area contributed by atoms with Gasteiger partial charge in [-0.3, -0.25) is 4.79 Å². The minimum absolute atomic E-state index is 0.0944. The van der Waals surface area contributed by atoms with Crippen molar-refractivity contribution in [3.05, 3.63) is 53.1 Å². The molecule has 0 saturated carbocycles. The van der Waals surface area contributed by atoms with Gasteiger partial charge in [0.2, 0.25) is 0 Å². The molecule has 0 unspecified atom stereocenters. The maximum atomic E-state index is 12.9. The third-order valence-corrected chi connectivity index (χ3v) is 5.01. The Labute approximate surface area is 175 Å². The molecule has 2 aromatic carbocycles. The zero-order valence-electron chi connectivity index (χ0n) is 16.5. The fourth-order valence-corrected chi connectivity index (χ4v) is 3.43. The number of halogens is 1. The van der Waals surface area contributed by atoms with Crippen LogP contribution in [0, 0.1) is 0 Å². The number of carbonyl (C=O) groups excluding carboxylic acids is 2. The molecule has 0 bridgehead atoms. The van der Waals surface area contributed by atoms with E-state index in [1.807, 2.05) is 0 Å². The number of methoxy groups -OCH3 is 2. The van der Waals surface area contributed by atoms with Crippen LogP contribution in [-0.2, 0) is 0 Å². The Balaban J connectivity index is 1.63. The highest BCUT2D eigenvalue weighted by atomic mass is 35.5. The SMILES string of the molecule is COc1ccc(C(=O)N2CCCN(C(=O)Nc3cccc(Cl)c3)CC2)cc1OC. The van der Waals surface area contributed by atoms with Crippen molar-refractivity contribution in [3.63, 3.8) is 0 Å². The highest BCUT2D eigenvalue weighted by molar-refractivity contribution is 6.30. The summed E-state index contributed by atoms with van der Waals surface area (Å²) < 4.78 is 10.5. The summed E-state index contributed by atoms with van der Waals surface area (Å²) in [5.41, 5.74) is 1.17. The van der Waals surface area contributed by atoms with Crippen LogP contribution >= 0.6 is 11.6 Å². The first-order valence-corrected chi connectivity index (χ1v) is 9.72. The molecule has 0 radical (unpaired) electrons. The quantitative estimate of drug-likeness (QED) is 0.822. The summed E-state index contributed by atoms with van der Waals surface area (Å²) in [5, 5.41) is 3.41. The number of nitrogens with one attached hydrogen (secondary N) is 1. The number of hydrogen-bond donors (Lipinski definition) is 1. The van der Waals surface area contributed by atoms with Gasteiger partial charge in [0, 0.05) is 42.5 Å². The summed E-state index contributed by atoms with van der Waals surface area (Å²) in [6.45, 7) is 2.05. The number of carbonyl (C=O) groups is 2. The van der Waals surface area contributed by atoms with E-state index in [4.69, 9.17) is 21.1 Å². The molecule has 8 heteroatoms. The van der Waals surface area contributed by atoms with E-state index in [0.717, 1.165) is 0 Å². The molecular formula is C21H24ClN3O4. The molecule has 1 fully saturated rings. The summed E-state index contributed by atoms with van der Waals surface area (Å²) in [7, 11) is 3.09. The van der Waals surface area contributed by atoms with Gasteiger partial charge in [0.25, 0.3) is 5.91 Å². The molecule has 1 saturated heterocycles. The van der Waals surface area contributed by atoms with Crippen molar-refractivity contribution in [3.8, 4) is 11.5 Å². The zero-order chi connectivity index (χ0) is 20.8. The van der Waals surface area contributed by atoms with E-state index >= 15 is 0 Å². The number of rotatable bonds is 4. The smallest absolute Gasteiger partial charge is 0.321 e. The third kappa shape index (κ3) is 5.12. The number of ether oxygens (including phenoxy) is 2. The molecule has 1 aliphatic heterocycles. The molecule has 29 heavy (non-hydrogen) atoms. The average Bonchev–Trinajstić information content (AvgIpc) is 2.99. The van der Waals surface area contributed by atoms with Crippen molar-refractivity contribution in [1.29, 1.82) is 0 Å². The first-order valence-electron chi connectivity index (χ1n) is 9.34. The van der Waals surface area contributed by atoms with Gasteiger partial charge in [-0.15, -0.1) is 0 Å². The third-order valence-electron chi connectivity index (χ3n) is 4.78. The molecule has 154 valence electrons. The number of benzene rings is 2. The largest absolute Gasteiger partial charge is 0.493 e. The highest BCUT2D eigenvalue weighted by Gasteiger charge is 2.23. The topological polar surface area (TPSA) is 71.1 Å². The minimum Gasteiger partial charge on any atom is -0.493 e. The molecule has 0 aliphatic carbocycles. The fourth-order valence-electron chi connectivity index (χ4n) is 3.24. The van der Waals surface area contributed by atoms with E-state index in [1.54, 1.807) is 59.4 Å². The summed E-state index contributed by atoms with van der Waals surface area (Å²) in [6.07, 6.45) is 0.696. The van der Waals surface area contributed by atoms with Gasteiger partial charge in [0.05, 0.1) is 14.2 Å². The van der Waals surface area contributed by atoms with Crippen molar-refractivity contribution >= 4 is 29.2 Å². The Hall–Kier alpha value is -2.93. The van der Waals surface area contributed by atoms with E-state index in [-0.39, 0.29) is 11.9 Å². The standard InChI is InChI=1S/C21H24ClN3O4/c1-28-18-8-7-15(13-19(18)29-2)20(26)24-9-4-10-25(12-11-24)21(27)23-17-6-3-5-16(22)14-17/h3,5-8,13-14H,4,9-12H2,1-2H3,(H,23,27). The second kappa shape index (κ2) is 9.52. The first kappa shape index (κ1) is 20.8. The summed E-state index contributed by atoms with van der Waals surface area (Å²) >= 11 is 5.97. The van der Waals surface area contributed by atoms with Crippen molar-refractivity contribution in [2.45, 2.75) is 6.42 Å². The van der Waals surface area contributed by atoms with E-state index < -0.39 is 0 Å². The first-order chi connectivity index (χ1) is 14.0. The average molecular weight is 418 g/mol. The Morgan fingerprint density at radius 2 is 1.66 bits per heavy atom. The monoisotopic (exact) mass is 417 g/mol. The van der Waals surface area contributed by atoms with Gasteiger partial charge in [-0.05, 0) is 42.8 Å². The Kier molecular flexibility index (Phi) is 6.82. The minimum atomic E-state index is -0.201. The van der Waals surface area contributed by atoms with Crippen LogP contribution in [0.25, 0.3) is 0 Å². The molecule has 1 aliphatic rings. The lowest BCUT2D eigenvalue weighted by molar-refractivity contribution is 0.0762. The predicted octanol–water partition coefficient (Wildman–Crippen LogP) is 3.74. The highest BCUT2D eigenvalue weighted by Crippen LogP contribution is 2.28. The van der Waals surface area contributed by atoms with Crippen LogP contribution in [0.3, 0.4) is 0 Å². The second-order valence-electron chi connectivity index (χ2n) is 6.64. The lowest BCUT2D eigenvalue weighted by atomic mass is 10.1. The van der Waals surface area contributed by atoms with E-state index in [0.29, 0.717) is 60.4 Å². The number of nitrogens with zero attached hydrogens (tertiary/aromatic N) is 2. The van der Waals surface area contributed by atoms with Gasteiger partial charge in [-0.25, -0.2) is 4.79 Å². The summed E-state index contributed by atoms with van der Waals surface area (Å²) in [4.78, 5) is 29.0. The summed E-state index contributed by atoms with van der Waals surface area (Å²) in [6, 6.07) is 11.9. The second-order valence-corrected chi connectivity index (χ2v) is 7.08. The molecule has 0 spiro atoms. The van der Waals surface area contributed by atoms with Crippen LogP contribution in [0.1, 0.15) is 16.8 Å². The van der Waals surface area contributed by atoms with Crippen LogP contribution in [0.5, 0.6) is 11.5 Å². The van der Waals surface area contributed by atoms with Crippen LogP contribution < -0.4 is 14.8 Å². The van der Waals surface area contributed by atoms with Gasteiger partial charge in [-0.2, -0.15) is 0 Å². The van der Waals surface area contributed by atoms with E-state index in [1.165, 1.54) is 7.11 Å². The molecule has 7 nitrogen and oxygen atoms in total. The van der Waals surface area contributed by atoms with Gasteiger partial charge in [0.15, 0.2) is 11.5 Å². The normalized spacial score (nSPS) is 14.2. The molecule has 1 heterocycles. The van der Waals surface area contributed by atoms with Gasteiger partial charge >= 0.3 is 6.03 Å². The van der Waals surface area contributed by atoms with Gasteiger partial charge in [-0.1, -0.05) is 17.7 Å². The molecule has 1 N–H and O–H groups in total. The molecular weight excluding hydrogens is 394 g/mol. The molecule has 3 amide bonds. The van der Waals surface area contributed by atoms with Crippen LogP contribution in [0.2, 0.25) is 5.02 Å². The Morgan fingerprint density at radius 3 is 2.38 bits per heavy atom. The number of amides is 3. The van der Waals surface area contributed by atoms with E-state index in [2.05, 4.69) is 5.32 Å². The zero-order valence-corrected chi connectivity index (χ0v) is 17.2. The maximum absolute atomic E-state index is 12.9. The predicted molar refractivity (Wildman–Crippen MR) is 112 cm³/mol. The number of hydrogen-bond acceptors (Lipinski definition) is 4. The maximum Gasteiger partial charge on any atom is 0.321 e. The number of anilines is 1. The van der Waals surface area contributed by atoms with Crippen LogP contribution in [0.4, 0.5) is 10.5 Å². The van der Waals surface area contributed by atoms with E-state index in [9.17, 15) is 9.59 Å². The molecule has 3 rings (SSSR count). The van der Waals surface area contributed by atoms with Crippen molar-refractivity contribution < 1.29 is 19.1 Å². The summed E-state index contributed by atoms with van der Waals surface area (Å²) in [5.74, 6) is 0.988. The Morgan fingerprint density at radius 1 is 0.931 bits per heavy atom. The van der Waals surface area contributed by atoms with Gasteiger partial charge < -0.3 is 24.6 Å². The van der Waals surface area contributed by atoms with Crippen molar-refractivity contribution in [2.24, 2.45) is 0 Å². The van der Waals surface area contributed by atoms with Crippen LogP contribution in [0.15, 0.2) is 42.5 Å². The fraction of sp³-hybridized carbons (Fsp3) is 0.333. The Bertz CT molecular complexity index is 890. The van der Waals surface area contributed by atoms with Crippen LogP contribution in [-0.4, -0.2) is 62.1 Å². The molecule has 2 aromatic rings.